The Hall–Kier alpha value is -3.20. The van der Waals surface area contributed by atoms with Crippen molar-refractivity contribution in [1.82, 2.24) is 10.2 Å². The zero-order chi connectivity index (χ0) is 23.6. The minimum atomic E-state index is -3.39. The highest BCUT2D eigenvalue weighted by Crippen LogP contribution is 2.43. The SMILES string of the molecule is CC12CCC(=O)N1c1ccccc1C(=O)N2CCC(=O)NCCCS(=O)(=O)c1ccccc1. The molecule has 1 unspecified atom stereocenters. The molecule has 2 aliphatic heterocycles. The van der Waals surface area contributed by atoms with E-state index in [2.05, 4.69) is 5.32 Å². The van der Waals surface area contributed by atoms with E-state index in [1.54, 1.807) is 64.4 Å². The fraction of sp³-hybridized carbons (Fsp3) is 0.375. The lowest BCUT2D eigenvalue weighted by molar-refractivity contribution is -0.121. The van der Waals surface area contributed by atoms with Gasteiger partial charge in [-0.2, -0.15) is 0 Å². The molecule has 1 N–H and O–H groups in total. The van der Waals surface area contributed by atoms with Gasteiger partial charge in [-0.15, -0.1) is 0 Å². The number of hydrogen-bond acceptors (Lipinski definition) is 5. The number of sulfone groups is 1. The number of anilines is 1. The molecule has 0 bridgehead atoms. The summed E-state index contributed by atoms with van der Waals surface area (Å²) in [4.78, 5) is 41.7. The molecule has 2 aliphatic rings. The van der Waals surface area contributed by atoms with Crippen LogP contribution in [0, 0.1) is 0 Å². The van der Waals surface area contributed by atoms with Crippen molar-refractivity contribution in [3.05, 3.63) is 60.2 Å². The van der Waals surface area contributed by atoms with Crippen LogP contribution >= 0.6 is 0 Å². The molecule has 1 atom stereocenters. The third-order valence-electron chi connectivity index (χ3n) is 6.32. The van der Waals surface area contributed by atoms with Gasteiger partial charge >= 0.3 is 0 Å². The van der Waals surface area contributed by atoms with E-state index in [1.807, 2.05) is 6.92 Å². The number of para-hydroxylation sites is 1. The van der Waals surface area contributed by atoms with E-state index in [9.17, 15) is 22.8 Å². The summed E-state index contributed by atoms with van der Waals surface area (Å²) < 4.78 is 24.6. The van der Waals surface area contributed by atoms with Crippen molar-refractivity contribution in [2.75, 3.05) is 23.7 Å². The zero-order valence-corrected chi connectivity index (χ0v) is 19.3. The number of hydrogen-bond donors (Lipinski definition) is 1. The summed E-state index contributed by atoms with van der Waals surface area (Å²) in [7, 11) is -3.39. The zero-order valence-electron chi connectivity index (χ0n) is 18.5. The van der Waals surface area contributed by atoms with Gasteiger partial charge in [-0.1, -0.05) is 30.3 Å². The summed E-state index contributed by atoms with van der Waals surface area (Å²) in [6, 6.07) is 15.3. The average molecular weight is 470 g/mol. The van der Waals surface area contributed by atoms with E-state index in [0.29, 0.717) is 30.5 Å². The fourth-order valence-corrected chi connectivity index (χ4v) is 5.91. The first-order valence-corrected chi connectivity index (χ1v) is 12.7. The van der Waals surface area contributed by atoms with E-state index >= 15 is 0 Å². The summed E-state index contributed by atoms with van der Waals surface area (Å²) in [6.45, 7) is 2.25. The molecule has 174 valence electrons. The highest BCUT2D eigenvalue weighted by atomic mass is 32.2. The Bertz CT molecular complexity index is 1180. The van der Waals surface area contributed by atoms with Gasteiger partial charge in [0.05, 0.1) is 21.9 Å². The van der Waals surface area contributed by atoms with Crippen molar-refractivity contribution in [2.24, 2.45) is 0 Å². The van der Waals surface area contributed by atoms with E-state index in [-0.39, 0.29) is 47.9 Å². The molecule has 8 nitrogen and oxygen atoms in total. The number of benzene rings is 2. The van der Waals surface area contributed by atoms with Crippen LogP contribution in [0.3, 0.4) is 0 Å². The monoisotopic (exact) mass is 469 g/mol. The molecule has 0 aromatic heterocycles. The smallest absolute Gasteiger partial charge is 0.257 e. The molecule has 2 aromatic carbocycles. The summed E-state index contributed by atoms with van der Waals surface area (Å²) in [5, 5.41) is 2.74. The Balaban J connectivity index is 1.34. The first-order valence-electron chi connectivity index (χ1n) is 11.0. The molecule has 2 heterocycles. The van der Waals surface area contributed by atoms with Crippen molar-refractivity contribution in [2.45, 2.75) is 43.2 Å². The van der Waals surface area contributed by atoms with Gasteiger partial charge in [0.25, 0.3) is 5.91 Å². The summed E-state index contributed by atoms with van der Waals surface area (Å²) in [5.41, 5.74) is 0.275. The quantitative estimate of drug-likeness (QED) is 0.598. The molecule has 3 amide bonds. The lowest BCUT2D eigenvalue weighted by Gasteiger charge is -2.48. The topological polar surface area (TPSA) is 104 Å². The molecule has 33 heavy (non-hydrogen) atoms. The number of carbonyl (C=O) groups excluding carboxylic acids is 3. The molecular formula is C24H27N3O5S. The lowest BCUT2D eigenvalue weighted by atomic mass is 9.98. The summed E-state index contributed by atoms with van der Waals surface area (Å²) in [6.07, 6.45) is 1.21. The number of nitrogens with one attached hydrogen (secondary N) is 1. The Morgan fingerprint density at radius 2 is 1.76 bits per heavy atom. The number of fused-ring (bicyclic) bond motifs is 3. The van der Waals surface area contributed by atoms with Crippen LogP contribution < -0.4 is 10.2 Å². The van der Waals surface area contributed by atoms with Crippen molar-refractivity contribution in [1.29, 1.82) is 0 Å². The predicted molar refractivity (Wildman–Crippen MR) is 123 cm³/mol. The predicted octanol–water partition coefficient (Wildman–Crippen LogP) is 2.36. The van der Waals surface area contributed by atoms with Crippen LogP contribution in [0.4, 0.5) is 5.69 Å². The summed E-state index contributed by atoms with van der Waals surface area (Å²) in [5.74, 6) is -0.557. The van der Waals surface area contributed by atoms with Gasteiger partial charge in [0.15, 0.2) is 9.84 Å². The van der Waals surface area contributed by atoms with E-state index in [0.717, 1.165) is 0 Å². The maximum atomic E-state index is 13.2. The highest BCUT2D eigenvalue weighted by molar-refractivity contribution is 7.91. The van der Waals surface area contributed by atoms with E-state index in [4.69, 9.17) is 0 Å². The molecule has 1 saturated heterocycles. The minimum absolute atomic E-state index is 0.0356. The first-order chi connectivity index (χ1) is 15.7. The van der Waals surface area contributed by atoms with Crippen LogP contribution in [0.25, 0.3) is 0 Å². The van der Waals surface area contributed by atoms with Gasteiger partial charge in [0.2, 0.25) is 11.8 Å². The van der Waals surface area contributed by atoms with Crippen LogP contribution in [0.15, 0.2) is 59.5 Å². The van der Waals surface area contributed by atoms with Gasteiger partial charge in [-0.25, -0.2) is 8.42 Å². The molecule has 0 saturated carbocycles. The Morgan fingerprint density at radius 3 is 2.52 bits per heavy atom. The van der Waals surface area contributed by atoms with Gasteiger partial charge in [0.1, 0.15) is 5.66 Å². The molecule has 0 aliphatic carbocycles. The number of rotatable bonds is 8. The number of nitrogens with zero attached hydrogens (tertiary/aromatic N) is 2. The van der Waals surface area contributed by atoms with Crippen LogP contribution in [0.1, 0.15) is 43.0 Å². The van der Waals surface area contributed by atoms with Gasteiger partial charge in [0, 0.05) is 25.9 Å². The molecule has 0 radical (unpaired) electrons. The van der Waals surface area contributed by atoms with Crippen molar-refractivity contribution < 1.29 is 22.8 Å². The van der Waals surface area contributed by atoms with Crippen LogP contribution in [-0.2, 0) is 19.4 Å². The normalized spacial score (nSPS) is 19.9. The van der Waals surface area contributed by atoms with Gasteiger partial charge in [-0.3, -0.25) is 19.3 Å². The maximum Gasteiger partial charge on any atom is 0.257 e. The third-order valence-corrected chi connectivity index (χ3v) is 8.14. The first kappa shape index (κ1) is 23.0. The molecule has 9 heteroatoms. The third kappa shape index (κ3) is 4.37. The Kier molecular flexibility index (Phi) is 6.25. The minimum Gasteiger partial charge on any atom is -0.356 e. The van der Waals surface area contributed by atoms with Crippen LogP contribution in [0.2, 0.25) is 0 Å². The van der Waals surface area contributed by atoms with Gasteiger partial charge < -0.3 is 10.2 Å². The maximum absolute atomic E-state index is 13.2. The molecule has 1 fully saturated rings. The summed E-state index contributed by atoms with van der Waals surface area (Å²) >= 11 is 0. The number of amides is 3. The van der Waals surface area contributed by atoms with Crippen molar-refractivity contribution in [3.63, 3.8) is 0 Å². The second-order valence-electron chi connectivity index (χ2n) is 8.51. The van der Waals surface area contributed by atoms with Crippen molar-refractivity contribution in [3.8, 4) is 0 Å². The largest absolute Gasteiger partial charge is 0.356 e. The molecule has 2 aromatic rings. The second kappa shape index (κ2) is 8.97. The fourth-order valence-electron chi connectivity index (χ4n) is 4.58. The van der Waals surface area contributed by atoms with Crippen LogP contribution in [-0.4, -0.2) is 55.5 Å². The van der Waals surface area contributed by atoms with E-state index in [1.165, 1.54) is 0 Å². The van der Waals surface area contributed by atoms with E-state index < -0.39 is 15.5 Å². The lowest BCUT2D eigenvalue weighted by Crippen LogP contribution is -2.62. The molecular weight excluding hydrogens is 442 g/mol. The van der Waals surface area contributed by atoms with Crippen molar-refractivity contribution >= 4 is 33.2 Å². The Morgan fingerprint density at radius 1 is 1.06 bits per heavy atom. The number of carbonyl (C=O) groups is 3. The van der Waals surface area contributed by atoms with Gasteiger partial charge in [-0.05, 0) is 44.0 Å². The second-order valence-corrected chi connectivity index (χ2v) is 10.6. The molecule has 4 rings (SSSR count). The standard InChI is InChI=1S/C24H27N3O5S/c1-24-14-12-22(29)27(24)20-11-6-5-10-19(20)23(30)26(24)16-13-21(28)25-15-7-17-33(31,32)18-8-3-2-4-9-18/h2-6,8-11H,7,12-17H2,1H3,(H,25,28). The highest BCUT2D eigenvalue weighted by Gasteiger charge is 2.52. The van der Waals surface area contributed by atoms with Crippen LogP contribution in [0.5, 0.6) is 0 Å². The Labute approximate surface area is 193 Å². The molecule has 0 spiro atoms. The average Bonchev–Trinajstić information content (AvgIpc) is 3.12.